The van der Waals surface area contributed by atoms with Crippen LogP contribution in [0.25, 0.3) is 6.08 Å². The average molecular weight is 297 g/mol. The first-order valence-electron chi connectivity index (χ1n) is 6.99. The van der Waals surface area contributed by atoms with Crippen LogP contribution in [-0.2, 0) is 11.3 Å². The van der Waals surface area contributed by atoms with E-state index in [9.17, 15) is 4.79 Å². The summed E-state index contributed by atoms with van der Waals surface area (Å²) in [5.74, 6) is 0. The van der Waals surface area contributed by atoms with Crippen molar-refractivity contribution >= 4 is 17.9 Å². The number of ether oxygens (including phenoxy) is 1. The minimum atomic E-state index is -0.449. The van der Waals surface area contributed by atoms with Gasteiger partial charge in [0.1, 0.15) is 6.61 Å². The van der Waals surface area contributed by atoms with Gasteiger partial charge in [0.15, 0.2) is 0 Å². The summed E-state index contributed by atoms with van der Waals surface area (Å²) in [6.45, 7) is 2.49. The van der Waals surface area contributed by atoms with E-state index in [0.717, 1.165) is 17.0 Å². The molecule has 0 unspecified atom stereocenters. The molecule has 1 amide bonds. The molecule has 114 valence electrons. The van der Waals surface area contributed by atoms with Gasteiger partial charge in [0, 0.05) is 6.54 Å². The van der Waals surface area contributed by atoms with Gasteiger partial charge in [0.25, 0.3) is 0 Å². The lowest BCUT2D eigenvalue weighted by molar-refractivity contribution is 0.141. The Morgan fingerprint density at radius 1 is 1.27 bits per heavy atom. The molecule has 0 fully saturated rings. The van der Waals surface area contributed by atoms with Gasteiger partial charge in [-0.15, -0.1) is 0 Å². The number of hydrogen-bond donors (Lipinski definition) is 2. The number of nitrogens with two attached hydrogens (primary N) is 1. The van der Waals surface area contributed by atoms with Gasteiger partial charge >= 0.3 is 6.09 Å². The predicted molar refractivity (Wildman–Crippen MR) is 87.1 cm³/mol. The van der Waals surface area contributed by atoms with Crippen molar-refractivity contribution in [3.8, 4) is 0 Å². The minimum Gasteiger partial charge on any atom is -0.445 e. The summed E-state index contributed by atoms with van der Waals surface area (Å²) in [4.78, 5) is 15.8. The number of benzene rings is 1. The van der Waals surface area contributed by atoms with Crippen LogP contribution in [0.3, 0.4) is 0 Å². The summed E-state index contributed by atoms with van der Waals surface area (Å²) < 4.78 is 5.10. The summed E-state index contributed by atoms with van der Waals surface area (Å²) >= 11 is 0. The number of hydrogen-bond acceptors (Lipinski definition) is 4. The Kier molecular flexibility index (Phi) is 5.54. The average Bonchev–Trinajstić information content (AvgIpc) is 2.54. The SMILES string of the molecule is Cc1nc(C=CCNC(=O)OCc2ccccc2)ccc1N. The van der Waals surface area contributed by atoms with E-state index in [1.54, 1.807) is 0 Å². The molecular weight excluding hydrogens is 278 g/mol. The summed E-state index contributed by atoms with van der Waals surface area (Å²) in [5.41, 5.74) is 8.91. The van der Waals surface area contributed by atoms with Gasteiger partial charge in [0.05, 0.1) is 17.1 Å². The molecule has 2 rings (SSSR count). The van der Waals surface area contributed by atoms with E-state index >= 15 is 0 Å². The highest BCUT2D eigenvalue weighted by Crippen LogP contribution is 2.09. The lowest BCUT2D eigenvalue weighted by Crippen LogP contribution is -2.24. The first kappa shape index (κ1) is 15.6. The van der Waals surface area contributed by atoms with E-state index in [-0.39, 0.29) is 6.61 Å². The van der Waals surface area contributed by atoms with Crippen LogP contribution < -0.4 is 11.1 Å². The second-order valence-corrected chi connectivity index (χ2v) is 4.76. The Hall–Kier alpha value is -2.82. The predicted octanol–water partition coefficient (Wildman–Crippen LogP) is 2.91. The molecule has 0 aliphatic rings. The number of pyridine rings is 1. The number of amides is 1. The molecule has 5 nitrogen and oxygen atoms in total. The van der Waals surface area contributed by atoms with Crippen LogP contribution in [0.15, 0.2) is 48.5 Å². The van der Waals surface area contributed by atoms with Crippen LogP contribution in [0.5, 0.6) is 0 Å². The fraction of sp³-hybridized carbons (Fsp3) is 0.176. The third kappa shape index (κ3) is 4.94. The Labute approximate surface area is 129 Å². The molecule has 1 aromatic heterocycles. The van der Waals surface area contributed by atoms with Crippen molar-refractivity contribution < 1.29 is 9.53 Å². The van der Waals surface area contributed by atoms with Gasteiger partial charge < -0.3 is 15.8 Å². The Balaban J connectivity index is 1.72. The zero-order valence-corrected chi connectivity index (χ0v) is 12.5. The van der Waals surface area contributed by atoms with Crippen LogP contribution in [0.4, 0.5) is 10.5 Å². The first-order chi connectivity index (χ1) is 10.6. The van der Waals surface area contributed by atoms with E-state index in [1.165, 1.54) is 0 Å². The molecule has 0 bridgehead atoms. The number of nitrogen functional groups attached to an aromatic ring is 1. The molecule has 1 aromatic carbocycles. The normalized spacial score (nSPS) is 10.6. The summed E-state index contributed by atoms with van der Waals surface area (Å²) in [5, 5.41) is 2.65. The van der Waals surface area contributed by atoms with E-state index in [4.69, 9.17) is 10.5 Å². The van der Waals surface area contributed by atoms with Crippen LogP contribution in [0.2, 0.25) is 0 Å². The highest BCUT2D eigenvalue weighted by molar-refractivity contribution is 5.67. The molecule has 0 spiro atoms. The Morgan fingerprint density at radius 2 is 2.05 bits per heavy atom. The third-order valence-corrected chi connectivity index (χ3v) is 3.01. The van der Waals surface area contributed by atoms with Gasteiger partial charge in [-0.25, -0.2) is 4.79 Å². The standard InChI is InChI=1S/C17H19N3O2/c1-13-16(18)10-9-15(20-13)8-5-11-19-17(21)22-12-14-6-3-2-4-7-14/h2-10H,11-12,18H2,1H3,(H,19,21). The van der Waals surface area contributed by atoms with Crippen molar-refractivity contribution in [2.75, 3.05) is 12.3 Å². The van der Waals surface area contributed by atoms with E-state index in [0.29, 0.717) is 12.2 Å². The van der Waals surface area contributed by atoms with Gasteiger partial charge in [-0.2, -0.15) is 0 Å². The zero-order chi connectivity index (χ0) is 15.8. The highest BCUT2D eigenvalue weighted by Gasteiger charge is 2.00. The number of carbonyl (C=O) groups is 1. The zero-order valence-electron chi connectivity index (χ0n) is 12.5. The van der Waals surface area contributed by atoms with Gasteiger partial charge in [0.2, 0.25) is 0 Å². The maximum atomic E-state index is 11.5. The lowest BCUT2D eigenvalue weighted by atomic mass is 10.2. The molecule has 2 aromatic rings. The number of aryl methyl sites for hydroxylation is 1. The van der Waals surface area contributed by atoms with Gasteiger partial charge in [-0.05, 0) is 30.7 Å². The summed E-state index contributed by atoms with van der Waals surface area (Å²) in [6, 6.07) is 13.2. The molecule has 22 heavy (non-hydrogen) atoms. The number of carbonyl (C=O) groups excluding carboxylic acids is 1. The number of aromatic nitrogens is 1. The van der Waals surface area contributed by atoms with Crippen molar-refractivity contribution in [2.24, 2.45) is 0 Å². The van der Waals surface area contributed by atoms with Crippen LogP contribution in [0.1, 0.15) is 17.0 Å². The number of alkyl carbamates (subject to hydrolysis) is 1. The molecule has 0 atom stereocenters. The number of nitrogens with one attached hydrogen (secondary N) is 1. The lowest BCUT2D eigenvalue weighted by Gasteiger charge is -2.05. The number of rotatable bonds is 5. The van der Waals surface area contributed by atoms with Crippen LogP contribution in [-0.4, -0.2) is 17.6 Å². The molecule has 3 N–H and O–H groups in total. The Bertz CT molecular complexity index is 654. The fourth-order valence-electron chi connectivity index (χ4n) is 1.78. The molecule has 0 aliphatic carbocycles. The second-order valence-electron chi connectivity index (χ2n) is 4.76. The van der Waals surface area contributed by atoms with Crippen molar-refractivity contribution in [3.63, 3.8) is 0 Å². The monoisotopic (exact) mass is 297 g/mol. The van der Waals surface area contributed by atoms with Crippen LogP contribution >= 0.6 is 0 Å². The second kappa shape index (κ2) is 7.83. The van der Waals surface area contributed by atoms with Crippen LogP contribution in [0, 0.1) is 6.92 Å². The topological polar surface area (TPSA) is 77.2 Å². The summed E-state index contributed by atoms with van der Waals surface area (Å²) in [7, 11) is 0. The largest absolute Gasteiger partial charge is 0.445 e. The third-order valence-electron chi connectivity index (χ3n) is 3.01. The van der Waals surface area contributed by atoms with E-state index in [1.807, 2.05) is 61.5 Å². The Morgan fingerprint density at radius 3 is 2.77 bits per heavy atom. The van der Waals surface area contributed by atoms with E-state index < -0.39 is 6.09 Å². The fourth-order valence-corrected chi connectivity index (χ4v) is 1.78. The molecule has 0 radical (unpaired) electrons. The highest BCUT2D eigenvalue weighted by atomic mass is 16.5. The number of nitrogens with zero attached hydrogens (tertiary/aromatic N) is 1. The molecule has 0 saturated carbocycles. The first-order valence-corrected chi connectivity index (χ1v) is 6.99. The maximum Gasteiger partial charge on any atom is 0.407 e. The molecular formula is C17H19N3O2. The van der Waals surface area contributed by atoms with Crippen molar-refractivity contribution in [2.45, 2.75) is 13.5 Å². The van der Waals surface area contributed by atoms with Crippen molar-refractivity contribution in [1.29, 1.82) is 0 Å². The minimum absolute atomic E-state index is 0.259. The van der Waals surface area contributed by atoms with Gasteiger partial charge in [-0.3, -0.25) is 4.98 Å². The molecule has 5 heteroatoms. The van der Waals surface area contributed by atoms with Crippen molar-refractivity contribution in [1.82, 2.24) is 10.3 Å². The molecule has 0 saturated heterocycles. The number of anilines is 1. The van der Waals surface area contributed by atoms with Crippen molar-refractivity contribution in [3.05, 3.63) is 65.5 Å². The van der Waals surface area contributed by atoms with E-state index in [2.05, 4.69) is 10.3 Å². The molecule has 0 aliphatic heterocycles. The quantitative estimate of drug-likeness (QED) is 0.889. The van der Waals surface area contributed by atoms with Gasteiger partial charge in [-0.1, -0.05) is 36.4 Å². The smallest absolute Gasteiger partial charge is 0.407 e. The molecule has 1 heterocycles. The summed E-state index contributed by atoms with van der Waals surface area (Å²) in [6.07, 6.45) is 3.18. The maximum absolute atomic E-state index is 11.5.